The van der Waals surface area contributed by atoms with Crippen molar-refractivity contribution in [3.63, 3.8) is 0 Å². The van der Waals surface area contributed by atoms with E-state index in [9.17, 15) is 0 Å². The van der Waals surface area contributed by atoms with Crippen LogP contribution in [-0.2, 0) is 0 Å². The summed E-state index contributed by atoms with van der Waals surface area (Å²) in [6.45, 7) is 6.16. The van der Waals surface area contributed by atoms with Gasteiger partial charge in [0.15, 0.2) is 0 Å². The van der Waals surface area contributed by atoms with Gasteiger partial charge in [-0.25, -0.2) is 0 Å². The number of hydrogen-bond donors (Lipinski definition) is 0. The second kappa shape index (κ2) is 18.9. The Bertz CT molecular complexity index is 98.1. The molecule has 0 saturated heterocycles. The van der Waals surface area contributed by atoms with E-state index in [1.807, 2.05) is 0 Å². The minimum atomic E-state index is 0. The van der Waals surface area contributed by atoms with E-state index in [2.05, 4.69) is 13.8 Å². The fourth-order valence-corrected chi connectivity index (χ4v) is 2.19. The van der Waals surface area contributed by atoms with Crippen molar-refractivity contribution in [2.24, 2.45) is 0 Å². The van der Waals surface area contributed by atoms with E-state index in [1.165, 1.54) is 83.5 Å². The third-order valence-corrected chi connectivity index (χ3v) is 3.35. The largest absolute Gasteiger partial charge is 1.00 e. The summed E-state index contributed by atoms with van der Waals surface area (Å²) >= 11 is 0. The average Bonchev–Trinajstić information content (AvgIpc) is 2.31. The Kier molecular flexibility index (Phi) is 22.2. The van der Waals surface area contributed by atoms with Gasteiger partial charge < -0.3 is 6.92 Å². The first-order valence-corrected chi connectivity index (χ1v) is 7.71. The van der Waals surface area contributed by atoms with Crippen LogP contribution in [0.3, 0.4) is 0 Å². The Morgan fingerprint density at radius 1 is 0.529 bits per heavy atom. The van der Waals surface area contributed by atoms with E-state index in [1.54, 1.807) is 0 Å². The summed E-state index contributed by atoms with van der Waals surface area (Å²) in [4.78, 5) is 0. The number of rotatable bonds is 13. The van der Waals surface area contributed by atoms with Crippen LogP contribution < -0.4 is 18.9 Å². The molecule has 0 nitrogen and oxygen atoms in total. The fraction of sp³-hybridized carbons (Fsp3) is 0.938. The molecule has 0 atom stereocenters. The summed E-state index contributed by atoms with van der Waals surface area (Å²) in [5.41, 5.74) is 0. The van der Waals surface area contributed by atoms with Gasteiger partial charge in [-0.3, -0.25) is 0 Å². The average molecular weight is 232 g/mol. The van der Waals surface area contributed by atoms with Crippen molar-refractivity contribution in [2.75, 3.05) is 0 Å². The molecule has 0 aliphatic carbocycles. The normalized spacial score (nSPS) is 10.2. The van der Waals surface area contributed by atoms with Gasteiger partial charge in [0.2, 0.25) is 0 Å². The van der Waals surface area contributed by atoms with Crippen molar-refractivity contribution in [2.45, 2.75) is 96.8 Å². The predicted octanol–water partition coefficient (Wildman–Crippen LogP) is 3.31. The minimum Gasteiger partial charge on any atom is -0.343 e. The Morgan fingerprint density at radius 2 is 0.824 bits per heavy atom. The first kappa shape index (κ1) is 19.9. The Morgan fingerprint density at radius 3 is 1.12 bits per heavy atom. The summed E-state index contributed by atoms with van der Waals surface area (Å²) in [7, 11) is 0. The summed E-state index contributed by atoms with van der Waals surface area (Å²) < 4.78 is 0. The maximum absolute atomic E-state index is 3.87. The van der Waals surface area contributed by atoms with E-state index in [-0.39, 0.29) is 18.9 Å². The molecule has 17 heavy (non-hydrogen) atoms. The third-order valence-electron chi connectivity index (χ3n) is 3.35. The summed E-state index contributed by atoms with van der Waals surface area (Å²) in [5.74, 6) is 0. The van der Waals surface area contributed by atoms with E-state index in [4.69, 9.17) is 0 Å². The van der Waals surface area contributed by atoms with Gasteiger partial charge in [0, 0.05) is 0 Å². The molecule has 0 rings (SSSR count). The second-order valence-electron chi connectivity index (χ2n) is 5.10. The SMILES string of the molecule is [CH2-]CCCCCCCCCCCCCCC.[Li+]. The molecule has 1 heteroatoms. The van der Waals surface area contributed by atoms with Gasteiger partial charge in [-0.2, -0.15) is 6.42 Å². The van der Waals surface area contributed by atoms with Crippen LogP contribution in [0.2, 0.25) is 0 Å². The van der Waals surface area contributed by atoms with Gasteiger partial charge in [0.05, 0.1) is 0 Å². The van der Waals surface area contributed by atoms with Gasteiger partial charge >= 0.3 is 18.9 Å². The quantitative estimate of drug-likeness (QED) is 0.260. The van der Waals surface area contributed by atoms with Gasteiger partial charge in [0.25, 0.3) is 0 Å². The molecule has 0 aromatic heterocycles. The van der Waals surface area contributed by atoms with E-state index >= 15 is 0 Å². The Hall–Kier alpha value is 0.597. The standard InChI is InChI=1S/C16H33.Li/c1-3-5-7-9-11-13-15-16-14-12-10-8-6-4-2;/h1,3-16H2,2H3;/q-1;+1. The zero-order valence-corrected chi connectivity index (χ0v) is 12.6. The molecule has 0 aliphatic heterocycles. The van der Waals surface area contributed by atoms with Crippen LogP contribution >= 0.6 is 0 Å². The topological polar surface area (TPSA) is 0 Å². The third kappa shape index (κ3) is 19.1. The van der Waals surface area contributed by atoms with Crippen LogP contribution in [0.1, 0.15) is 96.8 Å². The molecule has 0 fully saturated rings. The van der Waals surface area contributed by atoms with Crippen molar-refractivity contribution in [3.8, 4) is 0 Å². The van der Waals surface area contributed by atoms with Gasteiger partial charge in [0.1, 0.15) is 0 Å². The van der Waals surface area contributed by atoms with Gasteiger partial charge in [-0.1, -0.05) is 90.4 Å². The number of unbranched alkanes of at least 4 members (excludes halogenated alkanes) is 13. The molecule has 0 aromatic rings. The minimum absolute atomic E-state index is 0. The van der Waals surface area contributed by atoms with Crippen molar-refractivity contribution < 1.29 is 18.9 Å². The zero-order chi connectivity index (χ0) is 11.9. The van der Waals surface area contributed by atoms with Crippen LogP contribution in [0.25, 0.3) is 0 Å². The van der Waals surface area contributed by atoms with Crippen LogP contribution in [0.5, 0.6) is 0 Å². The summed E-state index contributed by atoms with van der Waals surface area (Å²) in [5, 5.41) is 0. The molecule has 0 aliphatic rings. The smallest absolute Gasteiger partial charge is 0.343 e. The molecular weight excluding hydrogens is 199 g/mol. The second-order valence-corrected chi connectivity index (χ2v) is 5.10. The molecular formula is C16H33Li. The first-order valence-electron chi connectivity index (χ1n) is 7.71. The van der Waals surface area contributed by atoms with E-state index < -0.39 is 0 Å². The van der Waals surface area contributed by atoms with Crippen molar-refractivity contribution >= 4 is 0 Å². The Balaban J connectivity index is 0. The van der Waals surface area contributed by atoms with Crippen molar-refractivity contribution in [1.82, 2.24) is 0 Å². The molecule has 0 N–H and O–H groups in total. The molecule has 0 aromatic carbocycles. The fourth-order valence-electron chi connectivity index (χ4n) is 2.19. The molecule has 0 radical (unpaired) electrons. The van der Waals surface area contributed by atoms with Gasteiger partial charge in [-0.05, 0) is 0 Å². The molecule has 98 valence electrons. The first-order chi connectivity index (χ1) is 7.91. The summed E-state index contributed by atoms with van der Waals surface area (Å²) in [6.07, 6.45) is 19.8. The van der Waals surface area contributed by atoms with Crippen LogP contribution in [0.4, 0.5) is 0 Å². The molecule has 0 saturated carbocycles. The molecule has 0 spiro atoms. The zero-order valence-electron chi connectivity index (χ0n) is 12.6. The maximum atomic E-state index is 3.87. The van der Waals surface area contributed by atoms with Crippen LogP contribution in [0, 0.1) is 6.92 Å². The molecule has 0 unspecified atom stereocenters. The molecule has 0 amide bonds. The van der Waals surface area contributed by atoms with E-state index in [0.29, 0.717) is 0 Å². The van der Waals surface area contributed by atoms with Crippen LogP contribution in [-0.4, -0.2) is 0 Å². The molecule has 0 bridgehead atoms. The number of hydrogen-bond acceptors (Lipinski definition) is 0. The van der Waals surface area contributed by atoms with Crippen LogP contribution in [0.15, 0.2) is 0 Å². The van der Waals surface area contributed by atoms with Crippen molar-refractivity contribution in [3.05, 3.63) is 6.92 Å². The van der Waals surface area contributed by atoms with Crippen molar-refractivity contribution in [1.29, 1.82) is 0 Å². The maximum Gasteiger partial charge on any atom is 1.00 e. The van der Waals surface area contributed by atoms with Gasteiger partial charge in [-0.15, -0.1) is 0 Å². The molecule has 0 heterocycles. The van der Waals surface area contributed by atoms with E-state index in [0.717, 1.165) is 6.42 Å². The monoisotopic (exact) mass is 232 g/mol. The Labute approximate surface area is 123 Å². The predicted molar refractivity (Wildman–Crippen MR) is 75.7 cm³/mol. The summed E-state index contributed by atoms with van der Waals surface area (Å²) in [6, 6.07) is 0.